The fourth-order valence-corrected chi connectivity index (χ4v) is 3.19. The van der Waals surface area contributed by atoms with E-state index in [1.807, 2.05) is 19.1 Å². The first kappa shape index (κ1) is 16.9. The number of amides is 2. The minimum atomic E-state index is -0.209. The summed E-state index contributed by atoms with van der Waals surface area (Å²) in [5.74, 6) is 0.642. The monoisotopic (exact) mass is 358 g/mol. The molecule has 0 unspecified atom stereocenters. The molecule has 0 spiro atoms. The van der Waals surface area contributed by atoms with Gasteiger partial charge in [0.25, 0.3) is 0 Å². The van der Waals surface area contributed by atoms with E-state index in [9.17, 15) is 4.79 Å². The van der Waals surface area contributed by atoms with Crippen LogP contribution in [0.3, 0.4) is 0 Å². The number of rotatable bonds is 5. The van der Waals surface area contributed by atoms with Gasteiger partial charge in [-0.25, -0.2) is 4.79 Å². The Morgan fingerprint density at radius 1 is 1.32 bits per heavy atom. The van der Waals surface area contributed by atoms with Crippen molar-refractivity contribution in [3.8, 4) is 5.75 Å². The highest BCUT2D eigenvalue weighted by Crippen LogP contribution is 2.27. The number of benzene rings is 1. The molecule has 22 heavy (non-hydrogen) atoms. The van der Waals surface area contributed by atoms with Gasteiger partial charge in [-0.15, -0.1) is 11.3 Å². The molecular weight excluding hydrogens is 343 g/mol. The van der Waals surface area contributed by atoms with Crippen molar-refractivity contribution in [2.45, 2.75) is 13.5 Å². The predicted molar refractivity (Wildman–Crippen MR) is 92.4 cm³/mol. The highest BCUT2D eigenvalue weighted by atomic mass is 35.5. The Hall–Kier alpha value is -1.43. The molecular formula is C15H16Cl2N2O2S. The van der Waals surface area contributed by atoms with Crippen LogP contribution in [0, 0.1) is 0 Å². The van der Waals surface area contributed by atoms with Gasteiger partial charge in [-0.2, -0.15) is 0 Å². The number of nitrogens with one attached hydrogen (secondary N) is 1. The van der Waals surface area contributed by atoms with Crippen molar-refractivity contribution < 1.29 is 9.53 Å². The van der Waals surface area contributed by atoms with E-state index in [0.717, 1.165) is 4.88 Å². The van der Waals surface area contributed by atoms with Crippen molar-refractivity contribution in [1.82, 2.24) is 4.90 Å². The summed E-state index contributed by atoms with van der Waals surface area (Å²) in [7, 11) is 1.56. The number of thiophene rings is 1. The number of urea groups is 1. The van der Waals surface area contributed by atoms with Crippen LogP contribution in [0.1, 0.15) is 11.8 Å². The molecule has 0 aliphatic carbocycles. The van der Waals surface area contributed by atoms with E-state index in [2.05, 4.69) is 5.32 Å². The second kappa shape index (κ2) is 7.72. The van der Waals surface area contributed by atoms with Crippen LogP contribution in [0.15, 0.2) is 30.3 Å². The molecule has 0 radical (unpaired) electrons. The second-order valence-electron chi connectivity index (χ2n) is 4.50. The second-order valence-corrected chi connectivity index (χ2v) is 6.70. The predicted octanol–water partition coefficient (Wildman–Crippen LogP) is 5.12. The summed E-state index contributed by atoms with van der Waals surface area (Å²) in [5.41, 5.74) is 0.551. The summed E-state index contributed by atoms with van der Waals surface area (Å²) in [5, 5.41) is 3.24. The fourth-order valence-electron chi connectivity index (χ4n) is 1.87. The lowest BCUT2D eigenvalue weighted by molar-refractivity contribution is 0.212. The van der Waals surface area contributed by atoms with Gasteiger partial charge < -0.3 is 15.0 Å². The molecule has 1 heterocycles. The van der Waals surface area contributed by atoms with Crippen LogP contribution in [-0.4, -0.2) is 24.6 Å². The third-order valence-corrected chi connectivity index (χ3v) is 4.59. The van der Waals surface area contributed by atoms with E-state index in [-0.39, 0.29) is 6.03 Å². The number of hydrogen-bond acceptors (Lipinski definition) is 3. The van der Waals surface area contributed by atoms with Gasteiger partial charge in [0.15, 0.2) is 0 Å². The van der Waals surface area contributed by atoms with Crippen molar-refractivity contribution in [1.29, 1.82) is 0 Å². The largest absolute Gasteiger partial charge is 0.497 e. The fraction of sp³-hybridized carbons (Fsp3) is 0.267. The molecule has 2 amide bonds. The van der Waals surface area contributed by atoms with Gasteiger partial charge in [-0.1, -0.05) is 23.2 Å². The first-order chi connectivity index (χ1) is 10.5. The Kier molecular flexibility index (Phi) is 5.94. The van der Waals surface area contributed by atoms with E-state index < -0.39 is 0 Å². The number of ether oxygens (including phenoxy) is 1. The minimum Gasteiger partial charge on any atom is -0.497 e. The van der Waals surface area contributed by atoms with Gasteiger partial charge in [0, 0.05) is 17.5 Å². The van der Waals surface area contributed by atoms with Crippen LogP contribution in [0.2, 0.25) is 9.36 Å². The third-order valence-electron chi connectivity index (χ3n) is 3.06. The summed E-state index contributed by atoms with van der Waals surface area (Å²) in [6.45, 7) is 3.01. The quantitative estimate of drug-likeness (QED) is 0.805. The number of carbonyl (C=O) groups is 1. The standard InChI is InChI=1S/C15H16Cl2N2O2S/c1-3-19(9-11-5-7-14(17)22-11)15(20)18-13-6-4-10(21-2)8-12(13)16/h4-8H,3,9H2,1-2H3,(H,18,20). The van der Waals surface area contributed by atoms with Crippen molar-refractivity contribution in [2.24, 2.45) is 0 Å². The number of halogens is 2. The molecule has 4 nitrogen and oxygen atoms in total. The molecule has 0 aliphatic heterocycles. The number of methoxy groups -OCH3 is 1. The number of anilines is 1. The lowest BCUT2D eigenvalue weighted by Gasteiger charge is -2.21. The maximum absolute atomic E-state index is 12.4. The van der Waals surface area contributed by atoms with Gasteiger partial charge >= 0.3 is 6.03 Å². The van der Waals surface area contributed by atoms with Gasteiger partial charge in [-0.3, -0.25) is 0 Å². The average Bonchev–Trinajstić information content (AvgIpc) is 2.91. The first-order valence-corrected chi connectivity index (χ1v) is 8.24. The maximum Gasteiger partial charge on any atom is 0.322 e. The maximum atomic E-state index is 12.4. The summed E-state index contributed by atoms with van der Waals surface area (Å²) in [6.07, 6.45) is 0. The van der Waals surface area contributed by atoms with Crippen molar-refractivity contribution in [3.63, 3.8) is 0 Å². The smallest absolute Gasteiger partial charge is 0.322 e. The minimum absolute atomic E-state index is 0.209. The Labute approximate surface area is 143 Å². The van der Waals surface area contributed by atoms with Gasteiger partial charge in [0.2, 0.25) is 0 Å². The van der Waals surface area contributed by atoms with Gasteiger partial charge in [-0.05, 0) is 31.2 Å². The van der Waals surface area contributed by atoms with E-state index in [1.54, 1.807) is 30.2 Å². The molecule has 2 aromatic rings. The Morgan fingerprint density at radius 3 is 2.64 bits per heavy atom. The van der Waals surface area contributed by atoms with Crippen LogP contribution < -0.4 is 10.1 Å². The molecule has 1 N–H and O–H groups in total. The van der Waals surface area contributed by atoms with E-state index in [0.29, 0.717) is 33.9 Å². The van der Waals surface area contributed by atoms with E-state index >= 15 is 0 Å². The van der Waals surface area contributed by atoms with Gasteiger partial charge in [0.05, 0.1) is 28.7 Å². The Bertz CT molecular complexity index is 661. The van der Waals surface area contributed by atoms with Crippen LogP contribution in [0.5, 0.6) is 5.75 Å². The summed E-state index contributed by atoms with van der Waals surface area (Å²) in [4.78, 5) is 15.1. The summed E-state index contributed by atoms with van der Waals surface area (Å²) < 4.78 is 5.80. The van der Waals surface area contributed by atoms with Crippen molar-refractivity contribution in [2.75, 3.05) is 19.0 Å². The van der Waals surface area contributed by atoms with Crippen LogP contribution in [-0.2, 0) is 6.54 Å². The lowest BCUT2D eigenvalue weighted by Crippen LogP contribution is -2.34. The highest BCUT2D eigenvalue weighted by molar-refractivity contribution is 7.16. The molecule has 0 saturated heterocycles. The third kappa shape index (κ3) is 4.29. The van der Waals surface area contributed by atoms with Crippen LogP contribution in [0.4, 0.5) is 10.5 Å². The number of carbonyl (C=O) groups excluding carboxylic acids is 1. The van der Waals surface area contributed by atoms with Gasteiger partial charge in [0.1, 0.15) is 5.75 Å². The molecule has 118 valence electrons. The molecule has 0 bridgehead atoms. The normalized spacial score (nSPS) is 10.4. The molecule has 1 aromatic heterocycles. The SMILES string of the molecule is CCN(Cc1ccc(Cl)s1)C(=O)Nc1ccc(OC)cc1Cl. The van der Waals surface area contributed by atoms with Crippen LogP contribution in [0.25, 0.3) is 0 Å². The van der Waals surface area contributed by atoms with Crippen LogP contribution >= 0.6 is 34.5 Å². The number of hydrogen-bond donors (Lipinski definition) is 1. The zero-order valence-corrected chi connectivity index (χ0v) is 14.6. The highest BCUT2D eigenvalue weighted by Gasteiger charge is 2.15. The molecule has 0 fully saturated rings. The Morgan fingerprint density at radius 2 is 2.09 bits per heavy atom. The Balaban J connectivity index is 2.05. The lowest BCUT2D eigenvalue weighted by atomic mass is 10.3. The van der Waals surface area contributed by atoms with Crippen molar-refractivity contribution in [3.05, 3.63) is 44.6 Å². The molecule has 0 atom stereocenters. The average molecular weight is 359 g/mol. The molecule has 2 rings (SSSR count). The zero-order chi connectivity index (χ0) is 16.1. The topological polar surface area (TPSA) is 41.6 Å². The number of nitrogens with zero attached hydrogens (tertiary/aromatic N) is 1. The molecule has 1 aromatic carbocycles. The molecule has 0 aliphatic rings. The molecule has 7 heteroatoms. The molecule has 0 saturated carbocycles. The first-order valence-electron chi connectivity index (χ1n) is 6.67. The summed E-state index contributed by atoms with van der Waals surface area (Å²) in [6, 6.07) is 8.66. The van der Waals surface area contributed by atoms with E-state index in [4.69, 9.17) is 27.9 Å². The van der Waals surface area contributed by atoms with Crippen molar-refractivity contribution >= 4 is 46.3 Å². The van der Waals surface area contributed by atoms with E-state index in [1.165, 1.54) is 11.3 Å². The summed E-state index contributed by atoms with van der Waals surface area (Å²) >= 11 is 13.5. The zero-order valence-electron chi connectivity index (χ0n) is 12.2.